The van der Waals surface area contributed by atoms with Gasteiger partial charge >= 0.3 is 5.97 Å². The summed E-state index contributed by atoms with van der Waals surface area (Å²) in [6, 6.07) is 3.33. The summed E-state index contributed by atoms with van der Waals surface area (Å²) in [4.78, 5) is 10.5. The standard InChI is InChI=1S/C8H11NO3/c1-5(8(10)11)7-3-2-6(4-9)12-7/h2-3,5H,4,9H2,1H3,(H,10,11). The molecule has 0 amide bonds. The molecule has 4 heteroatoms. The largest absolute Gasteiger partial charge is 0.481 e. The Morgan fingerprint density at radius 2 is 2.42 bits per heavy atom. The van der Waals surface area contributed by atoms with Crippen molar-refractivity contribution in [2.24, 2.45) is 5.73 Å². The molecule has 0 spiro atoms. The van der Waals surface area contributed by atoms with Crippen molar-refractivity contribution < 1.29 is 14.3 Å². The fourth-order valence-corrected chi connectivity index (χ4v) is 0.859. The first-order valence-corrected chi connectivity index (χ1v) is 3.66. The Kier molecular flexibility index (Phi) is 2.50. The van der Waals surface area contributed by atoms with Gasteiger partial charge in [-0.15, -0.1) is 0 Å². The van der Waals surface area contributed by atoms with Crippen molar-refractivity contribution in [3.8, 4) is 0 Å². The topological polar surface area (TPSA) is 76.5 Å². The zero-order chi connectivity index (χ0) is 9.14. The molecule has 4 nitrogen and oxygen atoms in total. The van der Waals surface area contributed by atoms with Crippen LogP contribution in [0.5, 0.6) is 0 Å². The van der Waals surface area contributed by atoms with Crippen molar-refractivity contribution in [1.29, 1.82) is 0 Å². The van der Waals surface area contributed by atoms with Gasteiger partial charge in [0, 0.05) is 0 Å². The third-order valence-electron chi connectivity index (χ3n) is 1.68. The van der Waals surface area contributed by atoms with Crippen LogP contribution in [0.2, 0.25) is 0 Å². The van der Waals surface area contributed by atoms with Crippen molar-refractivity contribution in [2.75, 3.05) is 0 Å². The van der Waals surface area contributed by atoms with Gasteiger partial charge < -0.3 is 15.3 Å². The van der Waals surface area contributed by atoms with E-state index in [1.165, 1.54) is 0 Å². The minimum atomic E-state index is -0.895. The molecular formula is C8H11NO3. The van der Waals surface area contributed by atoms with Crippen LogP contribution in [0.4, 0.5) is 0 Å². The third kappa shape index (κ3) is 1.65. The van der Waals surface area contributed by atoms with E-state index in [2.05, 4.69) is 0 Å². The van der Waals surface area contributed by atoms with Crippen LogP contribution < -0.4 is 5.73 Å². The SMILES string of the molecule is CC(C(=O)O)c1ccc(CN)o1. The summed E-state index contributed by atoms with van der Waals surface area (Å²) in [6.45, 7) is 1.87. The fourth-order valence-electron chi connectivity index (χ4n) is 0.859. The average Bonchev–Trinajstić information content (AvgIpc) is 2.50. The molecule has 0 fully saturated rings. The highest BCUT2D eigenvalue weighted by Crippen LogP contribution is 2.17. The lowest BCUT2D eigenvalue weighted by Crippen LogP contribution is -2.06. The molecule has 0 aliphatic carbocycles. The first-order valence-electron chi connectivity index (χ1n) is 3.66. The molecule has 0 saturated heterocycles. The Labute approximate surface area is 70.0 Å². The number of carboxylic acid groups (broad SMARTS) is 1. The first kappa shape index (κ1) is 8.80. The monoisotopic (exact) mass is 169 g/mol. The van der Waals surface area contributed by atoms with Gasteiger partial charge in [0.05, 0.1) is 6.54 Å². The van der Waals surface area contributed by atoms with Gasteiger partial charge in [0.25, 0.3) is 0 Å². The summed E-state index contributed by atoms with van der Waals surface area (Å²) in [7, 11) is 0. The molecule has 0 saturated carbocycles. The molecule has 12 heavy (non-hydrogen) atoms. The quantitative estimate of drug-likeness (QED) is 0.705. The predicted molar refractivity (Wildman–Crippen MR) is 42.7 cm³/mol. The normalized spacial score (nSPS) is 12.8. The second-order valence-electron chi connectivity index (χ2n) is 2.57. The minimum Gasteiger partial charge on any atom is -0.481 e. The van der Waals surface area contributed by atoms with Gasteiger partial charge in [-0.05, 0) is 19.1 Å². The lowest BCUT2D eigenvalue weighted by molar-refractivity contribution is -0.138. The molecule has 66 valence electrons. The highest BCUT2D eigenvalue weighted by molar-refractivity contribution is 5.74. The summed E-state index contributed by atoms with van der Waals surface area (Å²) in [5, 5.41) is 8.63. The average molecular weight is 169 g/mol. The Bertz CT molecular complexity index is 280. The lowest BCUT2D eigenvalue weighted by atomic mass is 10.1. The van der Waals surface area contributed by atoms with Crippen molar-refractivity contribution in [3.63, 3.8) is 0 Å². The Balaban J connectivity index is 2.81. The van der Waals surface area contributed by atoms with Gasteiger partial charge in [-0.3, -0.25) is 4.79 Å². The smallest absolute Gasteiger partial charge is 0.313 e. The molecule has 0 aliphatic heterocycles. The number of rotatable bonds is 3. The molecular weight excluding hydrogens is 158 g/mol. The third-order valence-corrected chi connectivity index (χ3v) is 1.68. The number of carboxylic acids is 1. The van der Waals surface area contributed by atoms with E-state index in [9.17, 15) is 4.79 Å². The van der Waals surface area contributed by atoms with E-state index >= 15 is 0 Å². The lowest BCUT2D eigenvalue weighted by Gasteiger charge is -2.00. The summed E-state index contributed by atoms with van der Waals surface area (Å²) in [5.74, 6) is -0.445. The van der Waals surface area contributed by atoms with Crippen LogP contribution in [-0.4, -0.2) is 11.1 Å². The molecule has 1 aromatic heterocycles. The Hall–Kier alpha value is -1.29. The molecule has 0 bridgehead atoms. The molecule has 1 aromatic rings. The second kappa shape index (κ2) is 3.40. The van der Waals surface area contributed by atoms with Gasteiger partial charge in [0.15, 0.2) is 0 Å². The van der Waals surface area contributed by atoms with Crippen LogP contribution in [0.15, 0.2) is 16.5 Å². The molecule has 0 aromatic carbocycles. The summed E-state index contributed by atoms with van der Waals surface area (Å²) >= 11 is 0. The summed E-state index contributed by atoms with van der Waals surface area (Å²) in [6.07, 6.45) is 0. The van der Waals surface area contributed by atoms with E-state index in [0.29, 0.717) is 18.1 Å². The number of furan rings is 1. The molecule has 1 unspecified atom stereocenters. The van der Waals surface area contributed by atoms with E-state index in [1.54, 1.807) is 19.1 Å². The highest BCUT2D eigenvalue weighted by atomic mass is 16.4. The number of hydrogen-bond donors (Lipinski definition) is 2. The van der Waals surface area contributed by atoms with Crippen molar-refractivity contribution in [1.82, 2.24) is 0 Å². The van der Waals surface area contributed by atoms with E-state index in [0.717, 1.165) is 0 Å². The zero-order valence-corrected chi connectivity index (χ0v) is 6.78. The number of hydrogen-bond acceptors (Lipinski definition) is 3. The van der Waals surface area contributed by atoms with E-state index in [4.69, 9.17) is 15.3 Å². The van der Waals surface area contributed by atoms with Crippen LogP contribution in [0.3, 0.4) is 0 Å². The number of carbonyl (C=O) groups is 1. The maximum Gasteiger partial charge on any atom is 0.313 e. The number of aliphatic carboxylic acids is 1. The van der Waals surface area contributed by atoms with E-state index in [-0.39, 0.29) is 0 Å². The van der Waals surface area contributed by atoms with Gasteiger partial charge in [-0.25, -0.2) is 0 Å². The fraction of sp³-hybridized carbons (Fsp3) is 0.375. The summed E-state index contributed by atoms with van der Waals surface area (Å²) < 4.78 is 5.15. The Morgan fingerprint density at radius 3 is 2.83 bits per heavy atom. The van der Waals surface area contributed by atoms with Crippen molar-refractivity contribution in [2.45, 2.75) is 19.4 Å². The molecule has 3 N–H and O–H groups in total. The molecule has 1 atom stereocenters. The van der Waals surface area contributed by atoms with Gasteiger partial charge in [-0.1, -0.05) is 0 Å². The maximum absolute atomic E-state index is 10.5. The van der Waals surface area contributed by atoms with Gasteiger partial charge in [0.2, 0.25) is 0 Å². The van der Waals surface area contributed by atoms with Crippen LogP contribution in [-0.2, 0) is 11.3 Å². The first-order chi connectivity index (χ1) is 5.65. The van der Waals surface area contributed by atoms with Crippen LogP contribution in [0.1, 0.15) is 24.4 Å². The van der Waals surface area contributed by atoms with Crippen molar-refractivity contribution >= 4 is 5.97 Å². The highest BCUT2D eigenvalue weighted by Gasteiger charge is 2.16. The predicted octanol–water partition coefficient (Wildman–Crippen LogP) is 0.926. The minimum absolute atomic E-state index is 0.298. The van der Waals surface area contributed by atoms with Gasteiger partial charge in [0.1, 0.15) is 17.4 Å². The van der Waals surface area contributed by atoms with Crippen LogP contribution >= 0.6 is 0 Å². The van der Waals surface area contributed by atoms with Crippen LogP contribution in [0, 0.1) is 0 Å². The maximum atomic E-state index is 10.5. The Morgan fingerprint density at radius 1 is 1.75 bits per heavy atom. The second-order valence-corrected chi connectivity index (χ2v) is 2.57. The molecule has 1 heterocycles. The molecule has 0 radical (unpaired) electrons. The number of nitrogens with two attached hydrogens (primary N) is 1. The summed E-state index contributed by atoms with van der Waals surface area (Å²) in [5.41, 5.74) is 5.30. The van der Waals surface area contributed by atoms with Crippen molar-refractivity contribution in [3.05, 3.63) is 23.7 Å². The van der Waals surface area contributed by atoms with E-state index in [1.807, 2.05) is 0 Å². The zero-order valence-electron chi connectivity index (χ0n) is 6.78. The van der Waals surface area contributed by atoms with Crippen LogP contribution in [0.25, 0.3) is 0 Å². The van der Waals surface area contributed by atoms with Gasteiger partial charge in [-0.2, -0.15) is 0 Å². The van der Waals surface area contributed by atoms with E-state index < -0.39 is 11.9 Å². The molecule has 0 aliphatic rings. The molecule has 1 rings (SSSR count).